The van der Waals surface area contributed by atoms with Gasteiger partial charge in [0, 0.05) is 23.4 Å². The van der Waals surface area contributed by atoms with Gasteiger partial charge >= 0.3 is 21.6 Å². The van der Waals surface area contributed by atoms with Crippen LogP contribution in [0.3, 0.4) is 0 Å². The molecule has 9 nitrogen and oxygen atoms in total. The predicted octanol–water partition coefficient (Wildman–Crippen LogP) is 3.48. The van der Waals surface area contributed by atoms with E-state index in [1.807, 2.05) is 0 Å². The number of carbonyl (C=O) groups is 1. The van der Waals surface area contributed by atoms with E-state index in [4.69, 9.17) is 5.11 Å². The number of hydrogen-bond donors (Lipinski definition) is 1. The second-order valence-electron chi connectivity index (χ2n) is 7.03. The molecule has 0 aliphatic rings. The van der Waals surface area contributed by atoms with Gasteiger partial charge in [-0.3, -0.25) is 4.68 Å². The van der Waals surface area contributed by atoms with Crippen LogP contribution in [0.2, 0.25) is 0 Å². The minimum absolute atomic E-state index is 0.116. The molecule has 0 saturated carbocycles. The summed E-state index contributed by atoms with van der Waals surface area (Å²) < 4.78 is 68.6. The lowest BCUT2D eigenvalue weighted by molar-refractivity contribution is -0.0500. The van der Waals surface area contributed by atoms with Crippen LogP contribution in [0.15, 0.2) is 54.6 Å². The zero-order chi connectivity index (χ0) is 24.0. The van der Waals surface area contributed by atoms with Crippen molar-refractivity contribution in [3.05, 3.63) is 71.7 Å². The van der Waals surface area contributed by atoms with E-state index < -0.39 is 27.3 Å². The smallest absolute Gasteiger partial charge is 0.476 e. The molecule has 4 rings (SSSR count). The van der Waals surface area contributed by atoms with E-state index in [2.05, 4.69) is 14.4 Å². The highest BCUT2D eigenvalue weighted by Gasteiger charge is 2.48. The lowest BCUT2D eigenvalue weighted by Gasteiger charge is -2.12. The Kier molecular flexibility index (Phi) is 5.36. The van der Waals surface area contributed by atoms with Crippen molar-refractivity contribution in [3.63, 3.8) is 0 Å². The van der Waals surface area contributed by atoms with Gasteiger partial charge in [-0.1, -0.05) is 30.3 Å². The van der Waals surface area contributed by atoms with Gasteiger partial charge in [0.05, 0.1) is 23.4 Å². The molecule has 0 spiro atoms. The van der Waals surface area contributed by atoms with E-state index >= 15 is 0 Å². The largest absolute Gasteiger partial charge is 0.534 e. The molecule has 0 unspecified atom stereocenters. The van der Waals surface area contributed by atoms with Gasteiger partial charge in [0.2, 0.25) is 0 Å². The molecule has 33 heavy (non-hydrogen) atoms. The first-order chi connectivity index (χ1) is 15.4. The van der Waals surface area contributed by atoms with Crippen LogP contribution in [-0.4, -0.2) is 44.4 Å². The highest BCUT2D eigenvalue weighted by atomic mass is 32.2. The standard InChI is InChI=1S/C20H15F3N4O5S/c1-12-7-18(19(28)29)24-26(12)11-15-9-16(32-33(30,31)20(21,22)23)8-14-10-17(25-27(14)15)13-5-3-2-4-6-13/h2-10H,11H2,1H3,(H,28,29). The van der Waals surface area contributed by atoms with Gasteiger partial charge in [0.1, 0.15) is 5.75 Å². The molecule has 3 heterocycles. The number of alkyl halides is 3. The predicted molar refractivity (Wildman–Crippen MR) is 109 cm³/mol. The number of aromatic nitrogens is 4. The van der Waals surface area contributed by atoms with Crippen molar-refractivity contribution in [1.29, 1.82) is 0 Å². The van der Waals surface area contributed by atoms with Crippen LogP contribution < -0.4 is 4.18 Å². The first-order valence-electron chi connectivity index (χ1n) is 9.31. The van der Waals surface area contributed by atoms with Crippen molar-refractivity contribution in [2.45, 2.75) is 19.0 Å². The van der Waals surface area contributed by atoms with Crippen molar-refractivity contribution in [2.24, 2.45) is 0 Å². The van der Waals surface area contributed by atoms with E-state index in [1.54, 1.807) is 43.3 Å². The Morgan fingerprint density at radius 3 is 2.39 bits per heavy atom. The summed E-state index contributed by atoms with van der Waals surface area (Å²) >= 11 is 0. The van der Waals surface area contributed by atoms with Gasteiger partial charge in [0.25, 0.3) is 0 Å². The average molecular weight is 480 g/mol. The lowest BCUT2D eigenvalue weighted by Crippen LogP contribution is -2.28. The maximum atomic E-state index is 12.8. The molecule has 0 atom stereocenters. The summed E-state index contributed by atoms with van der Waals surface area (Å²) in [7, 11) is -5.90. The summed E-state index contributed by atoms with van der Waals surface area (Å²) in [6.45, 7) is 1.48. The third kappa shape index (κ3) is 4.39. The summed E-state index contributed by atoms with van der Waals surface area (Å²) in [5, 5.41) is 17.6. The summed E-state index contributed by atoms with van der Waals surface area (Å²) in [6, 6.07) is 14.0. The lowest BCUT2D eigenvalue weighted by atomic mass is 10.1. The molecular weight excluding hydrogens is 465 g/mol. The van der Waals surface area contributed by atoms with Crippen molar-refractivity contribution in [2.75, 3.05) is 0 Å². The molecular formula is C20H15F3N4O5S. The normalized spacial score (nSPS) is 12.2. The molecule has 0 saturated heterocycles. The zero-order valence-corrected chi connectivity index (χ0v) is 17.6. The molecule has 0 radical (unpaired) electrons. The minimum atomic E-state index is -5.90. The van der Waals surface area contributed by atoms with Gasteiger partial charge in [-0.05, 0) is 19.1 Å². The van der Waals surface area contributed by atoms with E-state index in [1.165, 1.54) is 15.3 Å². The Labute approximate surface area is 184 Å². The van der Waals surface area contributed by atoms with Crippen LogP contribution in [0.25, 0.3) is 16.8 Å². The molecule has 0 aliphatic carbocycles. The second-order valence-corrected chi connectivity index (χ2v) is 8.57. The SMILES string of the molecule is Cc1cc(C(=O)O)nn1Cc1cc(OS(=O)(=O)C(F)(F)F)cc2cc(-c3ccccc3)nn12. The van der Waals surface area contributed by atoms with Gasteiger partial charge < -0.3 is 9.29 Å². The molecule has 1 N–H and O–H groups in total. The van der Waals surface area contributed by atoms with E-state index in [0.717, 1.165) is 17.7 Å². The number of aryl methyl sites for hydroxylation is 1. The van der Waals surface area contributed by atoms with Crippen LogP contribution in [-0.2, 0) is 16.7 Å². The van der Waals surface area contributed by atoms with Gasteiger partial charge in [-0.15, -0.1) is 0 Å². The fraction of sp³-hybridized carbons (Fsp3) is 0.150. The Morgan fingerprint density at radius 2 is 1.79 bits per heavy atom. The molecule has 4 aromatic rings. The van der Waals surface area contributed by atoms with Gasteiger partial charge in [-0.25, -0.2) is 9.31 Å². The third-order valence-electron chi connectivity index (χ3n) is 4.68. The van der Waals surface area contributed by atoms with Crippen LogP contribution in [0, 0.1) is 6.92 Å². The van der Waals surface area contributed by atoms with Gasteiger partial charge in [0.15, 0.2) is 5.69 Å². The molecule has 0 amide bonds. The maximum absolute atomic E-state index is 12.8. The number of carboxylic acids is 1. The molecule has 0 fully saturated rings. The first kappa shape index (κ1) is 22.3. The minimum Gasteiger partial charge on any atom is -0.476 e. The van der Waals surface area contributed by atoms with Crippen LogP contribution in [0.5, 0.6) is 5.75 Å². The number of fused-ring (bicyclic) bond motifs is 1. The number of carboxylic acid groups (broad SMARTS) is 1. The molecule has 3 aromatic heterocycles. The average Bonchev–Trinajstić information content (AvgIpc) is 3.32. The summed E-state index contributed by atoms with van der Waals surface area (Å²) in [5.41, 5.74) is -3.68. The first-order valence-corrected chi connectivity index (χ1v) is 10.7. The highest BCUT2D eigenvalue weighted by Crippen LogP contribution is 2.30. The maximum Gasteiger partial charge on any atom is 0.534 e. The Balaban J connectivity index is 1.85. The topological polar surface area (TPSA) is 116 Å². The molecule has 13 heteroatoms. The molecule has 0 aliphatic heterocycles. The van der Waals surface area contributed by atoms with Crippen molar-refractivity contribution >= 4 is 21.6 Å². The number of aromatic carboxylic acids is 1. The monoisotopic (exact) mass is 480 g/mol. The fourth-order valence-corrected chi connectivity index (χ4v) is 3.60. The van der Waals surface area contributed by atoms with Crippen LogP contribution in [0.4, 0.5) is 13.2 Å². The number of halogens is 3. The second kappa shape index (κ2) is 7.92. The zero-order valence-electron chi connectivity index (χ0n) is 16.8. The number of benzene rings is 1. The number of rotatable bonds is 6. The Hall–Kier alpha value is -3.87. The summed E-state index contributed by atoms with van der Waals surface area (Å²) in [6.07, 6.45) is 0. The number of hydrogen-bond acceptors (Lipinski definition) is 6. The quantitative estimate of drug-likeness (QED) is 0.332. The van der Waals surface area contributed by atoms with Gasteiger partial charge in [-0.2, -0.15) is 31.8 Å². The fourth-order valence-electron chi connectivity index (χ4n) is 3.15. The Morgan fingerprint density at radius 1 is 1.09 bits per heavy atom. The van der Waals surface area contributed by atoms with E-state index in [-0.39, 0.29) is 23.4 Å². The summed E-state index contributed by atoms with van der Waals surface area (Å²) in [4.78, 5) is 11.2. The van der Waals surface area contributed by atoms with Crippen molar-refractivity contribution in [3.8, 4) is 17.0 Å². The molecule has 1 aromatic carbocycles. The van der Waals surface area contributed by atoms with Crippen molar-refractivity contribution in [1.82, 2.24) is 19.4 Å². The molecule has 172 valence electrons. The summed E-state index contributed by atoms with van der Waals surface area (Å²) in [5.74, 6) is -1.82. The Bertz CT molecular complexity index is 1460. The third-order valence-corrected chi connectivity index (χ3v) is 5.66. The highest BCUT2D eigenvalue weighted by molar-refractivity contribution is 7.88. The van der Waals surface area contributed by atoms with E-state index in [9.17, 15) is 26.4 Å². The van der Waals surface area contributed by atoms with Crippen molar-refractivity contribution < 1.29 is 35.7 Å². The number of pyridine rings is 1. The molecule has 0 bridgehead atoms. The van der Waals surface area contributed by atoms with Crippen LogP contribution in [0.1, 0.15) is 21.9 Å². The number of nitrogens with zero attached hydrogens (tertiary/aromatic N) is 4. The van der Waals surface area contributed by atoms with E-state index in [0.29, 0.717) is 11.4 Å². The van der Waals surface area contributed by atoms with Crippen LogP contribution >= 0.6 is 0 Å².